The SMILES string of the molecule is COc1ccc(N(CCCC(=O)N(Cc2ccccc2Cl)C(Cc2ccccc2)C(=O)NC(C)C)S(C)(=O)=O)cc1. The summed E-state index contributed by atoms with van der Waals surface area (Å²) in [7, 11) is -2.07. The Bertz CT molecular complexity index is 1400. The molecule has 0 saturated heterocycles. The molecule has 220 valence electrons. The van der Waals surface area contributed by atoms with E-state index in [9.17, 15) is 18.0 Å². The van der Waals surface area contributed by atoms with Crippen LogP contribution < -0.4 is 14.4 Å². The Morgan fingerprint density at radius 3 is 2.17 bits per heavy atom. The maximum Gasteiger partial charge on any atom is 0.243 e. The molecule has 41 heavy (non-hydrogen) atoms. The highest BCUT2D eigenvalue weighted by molar-refractivity contribution is 7.92. The predicted octanol–water partition coefficient (Wildman–Crippen LogP) is 5.06. The number of nitrogens with zero attached hydrogens (tertiary/aromatic N) is 2. The van der Waals surface area contributed by atoms with Crippen molar-refractivity contribution >= 4 is 39.1 Å². The molecule has 0 radical (unpaired) electrons. The Morgan fingerprint density at radius 2 is 1.59 bits per heavy atom. The Kier molecular flexibility index (Phi) is 11.6. The van der Waals surface area contributed by atoms with Crippen LogP contribution in [-0.2, 0) is 32.6 Å². The summed E-state index contributed by atoms with van der Waals surface area (Å²) in [5, 5.41) is 3.46. The highest BCUT2D eigenvalue weighted by Gasteiger charge is 2.31. The van der Waals surface area contributed by atoms with Gasteiger partial charge < -0.3 is 15.0 Å². The van der Waals surface area contributed by atoms with Crippen molar-refractivity contribution in [3.05, 3.63) is 95.0 Å². The number of carbonyl (C=O) groups excluding carboxylic acids is 2. The molecule has 0 aliphatic carbocycles. The van der Waals surface area contributed by atoms with Gasteiger partial charge in [-0.2, -0.15) is 0 Å². The van der Waals surface area contributed by atoms with Crippen molar-refractivity contribution < 1.29 is 22.7 Å². The molecule has 0 saturated carbocycles. The summed E-state index contributed by atoms with van der Waals surface area (Å²) in [6.45, 7) is 3.97. The lowest BCUT2D eigenvalue weighted by atomic mass is 10.0. The zero-order valence-electron chi connectivity index (χ0n) is 23.9. The Hall–Kier alpha value is -3.56. The molecule has 1 unspecified atom stereocenters. The number of sulfonamides is 1. The van der Waals surface area contributed by atoms with Crippen LogP contribution in [0, 0.1) is 0 Å². The summed E-state index contributed by atoms with van der Waals surface area (Å²) >= 11 is 6.47. The molecule has 0 spiro atoms. The molecule has 8 nitrogen and oxygen atoms in total. The second kappa shape index (κ2) is 14.9. The van der Waals surface area contributed by atoms with Gasteiger partial charge in [0.1, 0.15) is 11.8 Å². The van der Waals surface area contributed by atoms with Crippen LogP contribution in [0.3, 0.4) is 0 Å². The van der Waals surface area contributed by atoms with Crippen LogP contribution in [0.15, 0.2) is 78.9 Å². The van der Waals surface area contributed by atoms with E-state index >= 15 is 0 Å². The van der Waals surface area contributed by atoms with Gasteiger partial charge in [0, 0.05) is 37.0 Å². The van der Waals surface area contributed by atoms with Gasteiger partial charge in [-0.05, 0) is 61.7 Å². The van der Waals surface area contributed by atoms with Gasteiger partial charge in [0.2, 0.25) is 21.8 Å². The van der Waals surface area contributed by atoms with E-state index in [0.29, 0.717) is 28.4 Å². The summed E-state index contributed by atoms with van der Waals surface area (Å²) in [5.41, 5.74) is 2.11. The predicted molar refractivity (Wildman–Crippen MR) is 164 cm³/mol. The topological polar surface area (TPSA) is 96.0 Å². The number of anilines is 1. The molecule has 3 aromatic carbocycles. The molecule has 0 fully saturated rings. The van der Waals surface area contributed by atoms with Crippen molar-refractivity contribution in [1.29, 1.82) is 0 Å². The molecule has 0 aliphatic heterocycles. The van der Waals surface area contributed by atoms with E-state index in [4.69, 9.17) is 16.3 Å². The number of halogens is 1. The third-order valence-electron chi connectivity index (χ3n) is 6.51. The molecule has 0 bridgehead atoms. The second-order valence-corrected chi connectivity index (χ2v) is 12.4. The van der Waals surface area contributed by atoms with E-state index in [2.05, 4.69) is 5.32 Å². The fraction of sp³-hybridized carbons (Fsp3) is 0.355. The van der Waals surface area contributed by atoms with E-state index in [1.807, 2.05) is 62.4 Å². The number of rotatable bonds is 14. The average Bonchev–Trinajstić information content (AvgIpc) is 2.93. The van der Waals surface area contributed by atoms with Crippen LogP contribution in [-0.4, -0.2) is 57.1 Å². The van der Waals surface area contributed by atoms with Gasteiger partial charge in [0.15, 0.2) is 0 Å². The number of benzene rings is 3. The number of amides is 2. The highest BCUT2D eigenvalue weighted by Crippen LogP contribution is 2.24. The lowest BCUT2D eigenvalue weighted by Gasteiger charge is -2.32. The summed E-state index contributed by atoms with van der Waals surface area (Å²) in [6.07, 6.45) is 1.74. The van der Waals surface area contributed by atoms with Gasteiger partial charge in [0.25, 0.3) is 0 Å². The summed E-state index contributed by atoms with van der Waals surface area (Å²) in [5.74, 6) is 0.0740. The number of hydrogen-bond acceptors (Lipinski definition) is 5. The van der Waals surface area contributed by atoms with Crippen LogP contribution in [0.5, 0.6) is 5.75 Å². The van der Waals surface area contributed by atoms with Gasteiger partial charge in [0.05, 0.1) is 19.1 Å². The number of ether oxygens (including phenoxy) is 1. The van der Waals surface area contributed by atoms with Crippen molar-refractivity contribution in [2.75, 3.05) is 24.2 Å². The summed E-state index contributed by atoms with van der Waals surface area (Å²) in [4.78, 5) is 28.9. The monoisotopic (exact) mass is 599 g/mol. The van der Waals surface area contributed by atoms with Gasteiger partial charge in [-0.25, -0.2) is 8.42 Å². The van der Waals surface area contributed by atoms with Crippen molar-refractivity contribution in [1.82, 2.24) is 10.2 Å². The molecule has 3 aromatic rings. The summed E-state index contributed by atoms with van der Waals surface area (Å²) in [6, 6.07) is 22.5. The first-order valence-electron chi connectivity index (χ1n) is 13.5. The minimum atomic E-state index is -3.61. The Labute approximate surface area is 248 Å². The first kappa shape index (κ1) is 32.0. The molecule has 1 N–H and O–H groups in total. The lowest BCUT2D eigenvalue weighted by molar-refractivity contribution is -0.141. The van der Waals surface area contributed by atoms with Crippen LogP contribution in [0.25, 0.3) is 0 Å². The smallest absolute Gasteiger partial charge is 0.243 e. The first-order valence-corrected chi connectivity index (χ1v) is 15.7. The third-order valence-corrected chi connectivity index (χ3v) is 8.08. The van der Waals surface area contributed by atoms with Gasteiger partial charge >= 0.3 is 0 Å². The number of methoxy groups -OCH3 is 1. The number of nitrogens with one attached hydrogen (secondary N) is 1. The highest BCUT2D eigenvalue weighted by atomic mass is 35.5. The van der Waals surface area contributed by atoms with Crippen molar-refractivity contribution in [2.45, 2.75) is 51.7 Å². The minimum Gasteiger partial charge on any atom is -0.497 e. The molecule has 0 heterocycles. The van der Waals surface area contributed by atoms with E-state index in [-0.39, 0.29) is 43.8 Å². The van der Waals surface area contributed by atoms with Gasteiger partial charge in [-0.3, -0.25) is 13.9 Å². The third kappa shape index (κ3) is 9.50. The van der Waals surface area contributed by atoms with Crippen LogP contribution in [0.1, 0.15) is 37.8 Å². The maximum absolute atomic E-state index is 13.9. The molecule has 0 aromatic heterocycles. The van der Waals surface area contributed by atoms with Crippen LogP contribution >= 0.6 is 11.6 Å². The van der Waals surface area contributed by atoms with E-state index < -0.39 is 16.1 Å². The second-order valence-electron chi connectivity index (χ2n) is 10.1. The quantitative estimate of drug-likeness (QED) is 0.279. The van der Waals surface area contributed by atoms with E-state index in [0.717, 1.165) is 11.8 Å². The van der Waals surface area contributed by atoms with E-state index in [1.54, 1.807) is 35.2 Å². The molecule has 3 rings (SSSR count). The average molecular weight is 600 g/mol. The molecule has 1 atom stereocenters. The number of hydrogen-bond donors (Lipinski definition) is 1. The molecular formula is C31H38ClN3O5S. The molecule has 0 aliphatic rings. The summed E-state index contributed by atoms with van der Waals surface area (Å²) < 4.78 is 31.7. The van der Waals surface area contributed by atoms with Gasteiger partial charge in [-0.1, -0.05) is 60.1 Å². The zero-order chi connectivity index (χ0) is 30.0. The fourth-order valence-electron chi connectivity index (χ4n) is 4.50. The fourth-order valence-corrected chi connectivity index (χ4v) is 5.66. The van der Waals surface area contributed by atoms with Crippen LogP contribution in [0.4, 0.5) is 5.69 Å². The largest absolute Gasteiger partial charge is 0.497 e. The first-order chi connectivity index (χ1) is 19.5. The lowest BCUT2D eigenvalue weighted by Crippen LogP contribution is -2.51. The van der Waals surface area contributed by atoms with Gasteiger partial charge in [-0.15, -0.1) is 0 Å². The molecule has 10 heteroatoms. The van der Waals surface area contributed by atoms with E-state index in [1.165, 1.54) is 11.4 Å². The standard InChI is InChI=1S/C31H38ClN3O5S/c1-23(2)33-31(37)29(21-24-11-6-5-7-12-24)34(22-25-13-8-9-14-28(25)32)30(36)15-10-20-35(41(4,38)39)26-16-18-27(40-3)19-17-26/h5-9,11-14,16-19,23,29H,10,15,20-22H2,1-4H3,(H,33,37). The Morgan fingerprint density at radius 1 is 0.951 bits per heavy atom. The maximum atomic E-state index is 13.9. The van der Waals surface area contributed by atoms with Crippen molar-refractivity contribution in [3.63, 3.8) is 0 Å². The normalized spacial score (nSPS) is 12.0. The van der Waals surface area contributed by atoms with Crippen molar-refractivity contribution in [3.8, 4) is 5.75 Å². The molecular weight excluding hydrogens is 562 g/mol. The zero-order valence-corrected chi connectivity index (χ0v) is 25.5. The minimum absolute atomic E-state index is 0.0346. The van der Waals surface area contributed by atoms with Crippen molar-refractivity contribution in [2.24, 2.45) is 0 Å². The van der Waals surface area contributed by atoms with Crippen LogP contribution in [0.2, 0.25) is 5.02 Å². The Balaban J connectivity index is 1.88. The molecule has 2 amide bonds. The number of carbonyl (C=O) groups is 2.